The standard InChI is InChI=1S/C22H26FNO5/c1-22(2,3)29-21(27)24-19(14-28-17-11-9-16(23)10-12-17)18(20(25)26)13-15-7-5-4-6-8-15/h4-12,18-19H,13-14H2,1-3H3,(H,24,27)(H,25,26)/t18-,19?/m1/s1. The summed E-state index contributed by atoms with van der Waals surface area (Å²) in [5.74, 6) is -2.07. The molecule has 0 saturated carbocycles. The maximum Gasteiger partial charge on any atom is 0.408 e. The maximum absolute atomic E-state index is 13.1. The number of alkyl carbamates (subject to hydrolysis) is 1. The summed E-state index contributed by atoms with van der Waals surface area (Å²) in [4.78, 5) is 24.2. The van der Waals surface area contributed by atoms with Crippen molar-refractivity contribution in [2.24, 2.45) is 5.92 Å². The van der Waals surface area contributed by atoms with Gasteiger partial charge >= 0.3 is 12.1 Å². The zero-order valence-electron chi connectivity index (χ0n) is 16.7. The predicted octanol–water partition coefficient (Wildman–Crippen LogP) is 4.04. The van der Waals surface area contributed by atoms with Gasteiger partial charge in [0.15, 0.2) is 0 Å². The Labute approximate surface area is 169 Å². The van der Waals surface area contributed by atoms with Crippen molar-refractivity contribution in [3.63, 3.8) is 0 Å². The Morgan fingerprint density at radius 1 is 1.07 bits per heavy atom. The molecule has 1 unspecified atom stereocenters. The molecule has 29 heavy (non-hydrogen) atoms. The summed E-state index contributed by atoms with van der Waals surface area (Å²) in [5, 5.41) is 12.4. The summed E-state index contributed by atoms with van der Waals surface area (Å²) in [6, 6.07) is 13.6. The van der Waals surface area contributed by atoms with Gasteiger partial charge in [0.05, 0.1) is 12.0 Å². The van der Waals surface area contributed by atoms with E-state index in [0.29, 0.717) is 5.75 Å². The third-order valence-electron chi connectivity index (χ3n) is 4.05. The molecule has 0 bridgehead atoms. The number of carboxylic acids is 1. The smallest absolute Gasteiger partial charge is 0.408 e. The van der Waals surface area contributed by atoms with Gasteiger partial charge in [-0.1, -0.05) is 30.3 Å². The summed E-state index contributed by atoms with van der Waals surface area (Å²) >= 11 is 0. The average molecular weight is 403 g/mol. The van der Waals surface area contributed by atoms with E-state index in [1.54, 1.807) is 20.8 Å². The van der Waals surface area contributed by atoms with Gasteiger partial charge in [0.25, 0.3) is 0 Å². The van der Waals surface area contributed by atoms with Crippen molar-refractivity contribution in [1.82, 2.24) is 5.32 Å². The molecular formula is C22H26FNO5. The predicted molar refractivity (Wildman–Crippen MR) is 106 cm³/mol. The molecule has 2 N–H and O–H groups in total. The highest BCUT2D eigenvalue weighted by Gasteiger charge is 2.32. The third-order valence-corrected chi connectivity index (χ3v) is 4.05. The minimum Gasteiger partial charge on any atom is -0.491 e. The van der Waals surface area contributed by atoms with Gasteiger partial charge < -0.3 is 19.9 Å². The Hall–Kier alpha value is -3.09. The van der Waals surface area contributed by atoms with Crippen LogP contribution in [0.25, 0.3) is 0 Å². The Kier molecular flexibility index (Phi) is 7.59. The van der Waals surface area contributed by atoms with Crippen molar-refractivity contribution >= 4 is 12.1 Å². The van der Waals surface area contributed by atoms with Crippen LogP contribution in [-0.2, 0) is 16.0 Å². The summed E-state index contributed by atoms with van der Waals surface area (Å²) in [6.45, 7) is 5.04. The fourth-order valence-corrected chi connectivity index (χ4v) is 2.70. The molecule has 7 heteroatoms. The lowest BCUT2D eigenvalue weighted by molar-refractivity contribution is -0.143. The molecular weight excluding hydrogens is 377 g/mol. The molecule has 0 heterocycles. The van der Waals surface area contributed by atoms with E-state index in [0.717, 1.165) is 5.56 Å². The molecule has 2 aromatic rings. The van der Waals surface area contributed by atoms with Gasteiger partial charge in [-0.2, -0.15) is 0 Å². The first-order valence-electron chi connectivity index (χ1n) is 9.28. The molecule has 0 aliphatic rings. The number of hydrogen-bond donors (Lipinski definition) is 2. The van der Waals surface area contributed by atoms with Crippen molar-refractivity contribution in [3.8, 4) is 5.75 Å². The normalized spacial score (nSPS) is 13.2. The maximum atomic E-state index is 13.1. The molecule has 0 radical (unpaired) electrons. The number of amides is 1. The molecule has 6 nitrogen and oxygen atoms in total. The van der Waals surface area contributed by atoms with Crippen molar-refractivity contribution in [2.75, 3.05) is 6.61 Å². The topological polar surface area (TPSA) is 84.9 Å². The number of ether oxygens (including phenoxy) is 2. The van der Waals surface area contributed by atoms with Crippen molar-refractivity contribution in [3.05, 3.63) is 66.0 Å². The summed E-state index contributed by atoms with van der Waals surface area (Å²) in [6.07, 6.45) is -0.534. The van der Waals surface area contributed by atoms with Crippen LogP contribution in [0.3, 0.4) is 0 Å². The minimum atomic E-state index is -1.07. The Bertz CT molecular complexity index is 802. The van der Waals surface area contributed by atoms with Crippen molar-refractivity contribution in [2.45, 2.75) is 38.8 Å². The number of carboxylic acid groups (broad SMARTS) is 1. The van der Waals surface area contributed by atoms with E-state index >= 15 is 0 Å². The van der Waals surface area contributed by atoms with Crippen LogP contribution >= 0.6 is 0 Å². The fraction of sp³-hybridized carbons (Fsp3) is 0.364. The molecule has 0 saturated heterocycles. The van der Waals surface area contributed by atoms with Crippen LogP contribution < -0.4 is 10.1 Å². The molecule has 0 aliphatic carbocycles. The van der Waals surface area contributed by atoms with Crippen LogP contribution in [0.4, 0.5) is 9.18 Å². The largest absolute Gasteiger partial charge is 0.491 e. The molecule has 1 amide bonds. The second-order valence-electron chi connectivity index (χ2n) is 7.65. The van der Waals surface area contributed by atoms with Crippen LogP contribution in [0.2, 0.25) is 0 Å². The number of halogens is 1. The van der Waals surface area contributed by atoms with Gasteiger partial charge in [-0.05, 0) is 57.0 Å². The van der Waals surface area contributed by atoms with Crippen LogP contribution in [0.5, 0.6) is 5.75 Å². The quantitative estimate of drug-likeness (QED) is 0.695. The van der Waals surface area contributed by atoms with E-state index in [-0.39, 0.29) is 13.0 Å². The van der Waals surface area contributed by atoms with Crippen LogP contribution in [0.1, 0.15) is 26.3 Å². The first-order valence-corrected chi connectivity index (χ1v) is 9.28. The van der Waals surface area contributed by atoms with Crippen molar-refractivity contribution in [1.29, 1.82) is 0 Å². The number of nitrogens with one attached hydrogen (secondary N) is 1. The lowest BCUT2D eigenvalue weighted by Crippen LogP contribution is -2.49. The number of carbonyl (C=O) groups is 2. The highest BCUT2D eigenvalue weighted by molar-refractivity contribution is 5.74. The van der Waals surface area contributed by atoms with E-state index in [2.05, 4.69) is 5.32 Å². The van der Waals surface area contributed by atoms with Gasteiger partial charge in [-0.15, -0.1) is 0 Å². The molecule has 156 valence electrons. The molecule has 0 aromatic heterocycles. The molecule has 0 spiro atoms. The number of rotatable bonds is 8. The molecule has 2 rings (SSSR count). The highest BCUT2D eigenvalue weighted by Crippen LogP contribution is 2.18. The first-order chi connectivity index (χ1) is 13.6. The number of hydrogen-bond acceptors (Lipinski definition) is 4. The second kappa shape index (κ2) is 9.91. The fourth-order valence-electron chi connectivity index (χ4n) is 2.70. The highest BCUT2D eigenvalue weighted by atomic mass is 19.1. The first kappa shape index (κ1) is 22.2. The molecule has 2 aromatic carbocycles. The van der Waals surface area contributed by atoms with Crippen LogP contribution in [0.15, 0.2) is 54.6 Å². The Balaban J connectivity index is 2.18. The second-order valence-corrected chi connectivity index (χ2v) is 7.65. The lowest BCUT2D eigenvalue weighted by Gasteiger charge is -2.27. The summed E-state index contributed by atoms with van der Waals surface area (Å²) < 4.78 is 24.0. The van der Waals surface area contributed by atoms with Gasteiger partial charge in [-0.3, -0.25) is 4.79 Å². The Morgan fingerprint density at radius 3 is 2.24 bits per heavy atom. The van der Waals surface area contributed by atoms with E-state index < -0.39 is 35.4 Å². The molecule has 0 fully saturated rings. The van der Waals surface area contributed by atoms with E-state index in [1.165, 1.54) is 24.3 Å². The summed E-state index contributed by atoms with van der Waals surface area (Å²) in [5.41, 5.74) is 0.0857. The number of carbonyl (C=O) groups excluding carboxylic acids is 1. The zero-order chi connectivity index (χ0) is 21.4. The SMILES string of the molecule is CC(C)(C)OC(=O)NC(COc1ccc(F)cc1)[C@@H](Cc1ccccc1)C(=O)O. The van der Waals surface area contributed by atoms with Gasteiger partial charge in [-0.25, -0.2) is 9.18 Å². The van der Waals surface area contributed by atoms with E-state index in [9.17, 15) is 19.1 Å². The Morgan fingerprint density at radius 2 is 1.69 bits per heavy atom. The van der Waals surface area contributed by atoms with Gasteiger partial charge in [0, 0.05) is 0 Å². The van der Waals surface area contributed by atoms with Crippen LogP contribution in [-0.4, -0.2) is 35.4 Å². The minimum absolute atomic E-state index is 0.116. The molecule has 2 atom stereocenters. The average Bonchev–Trinajstić information content (AvgIpc) is 2.64. The monoisotopic (exact) mass is 403 g/mol. The van der Waals surface area contributed by atoms with Crippen LogP contribution in [0, 0.1) is 11.7 Å². The van der Waals surface area contributed by atoms with Gasteiger partial charge in [0.2, 0.25) is 0 Å². The van der Waals surface area contributed by atoms with Crippen molar-refractivity contribution < 1.29 is 28.6 Å². The van der Waals surface area contributed by atoms with Gasteiger partial charge in [0.1, 0.15) is 23.8 Å². The lowest BCUT2D eigenvalue weighted by atomic mass is 9.92. The molecule has 0 aliphatic heterocycles. The number of benzene rings is 2. The number of aliphatic carboxylic acids is 1. The zero-order valence-corrected chi connectivity index (χ0v) is 16.7. The van der Waals surface area contributed by atoms with E-state index in [1.807, 2.05) is 30.3 Å². The van der Waals surface area contributed by atoms with E-state index in [4.69, 9.17) is 9.47 Å². The third kappa shape index (κ3) is 7.81. The summed E-state index contributed by atoms with van der Waals surface area (Å²) in [7, 11) is 0.